The average Bonchev–Trinajstić information content (AvgIpc) is 2.71. The van der Waals surface area contributed by atoms with E-state index in [0.717, 1.165) is 45.3 Å². The molecule has 2 unspecified atom stereocenters. The minimum atomic E-state index is 0.0690. The van der Waals surface area contributed by atoms with Crippen LogP contribution in [0, 0.1) is 5.92 Å². The second-order valence-corrected chi connectivity index (χ2v) is 6.02. The number of aliphatic hydroxyl groups is 1. The molecule has 2 fully saturated rings. The molecule has 2 aliphatic rings. The van der Waals surface area contributed by atoms with Gasteiger partial charge >= 0.3 is 0 Å². The zero-order valence-corrected chi connectivity index (χ0v) is 11.9. The smallest absolute Gasteiger partial charge is 0.222 e. The Hall–Kier alpha value is -0.610. The SMILES string of the molecule is O=C(CCC1CCCNC1)N1CCCCCC1CO. The van der Waals surface area contributed by atoms with Crippen LogP contribution in [0.3, 0.4) is 0 Å². The maximum Gasteiger partial charge on any atom is 0.222 e. The number of likely N-dealkylation sites (tertiary alicyclic amines) is 1. The van der Waals surface area contributed by atoms with Crippen LogP contribution in [-0.2, 0) is 4.79 Å². The van der Waals surface area contributed by atoms with Crippen LogP contribution in [-0.4, -0.2) is 48.2 Å². The average molecular weight is 268 g/mol. The van der Waals surface area contributed by atoms with E-state index in [4.69, 9.17) is 0 Å². The maximum absolute atomic E-state index is 12.4. The van der Waals surface area contributed by atoms with Crippen LogP contribution >= 0.6 is 0 Å². The fraction of sp³-hybridized carbons (Fsp3) is 0.933. The number of rotatable bonds is 4. The molecular weight excluding hydrogens is 240 g/mol. The van der Waals surface area contributed by atoms with Gasteiger partial charge in [0, 0.05) is 13.0 Å². The molecular formula is C15H28N2O2. The van der Waals surface area contributed by atoms with Gasteiger partial charge in [-0.3, -0.25) is 4.79 Å². The molecule has 110 valence electrons. The Kier molecular flexibility index (Phi) is 6.11. The highest BCUT2D eigenvalue weighted by molar-refractivity contribution is 5.76. The standard InChI is InChI=1S/C15H28N2O2/c18-12-14-6-2-1-3-10-17(14)15(19)8-7-13-5-4-9-16-11-13/h13-14,16,18H,1-12H2. The fourth-order valence-corrected chi connectivity index (χ4v) is 3.34. The van der Waals surface area contributed by atoms with Crippen molar-refractivity contribution < 1.29 is 9.90 Å². The first-order valence-corrected chi connectivity index (χ1v) is 7.92. The number of carbonyl (C=O) groups is 1. The molecule has 2 atom stereocenters. The van der Waals surface area contributed by atoms with E-state index < -0.39 is 0 Å². The van der Waals surface area contributed by atoms with Crippen molar-refractivity contribution in [2.45, 2.75) is 57.4 Å². The second kappa shape index (κ2) is 7.85. The maximum atomic E-state index is 12.4. The van der Waals surface area contributed by atoms with E-state index in [2.05, 4.69) is 5.32 Å². The van der Waals surface area contributed by atoms with Gasteiger partial charge in [0.2, 0.25) is 5.91 Å². The van der Waals surface area contributed by atoms with Crippen LogP contribution in [0.1, 0.15) is 51.4 Å². The van der Waals surface area contributed by atoms with Crippen molar-refractivity contribution in [1.82, 2.24) is 10.2 Å². The molecule has 0 radical (unpaired) electrons. The molecule has 2 aliphatic heterocycles. The summed E-state index contributed by atoms with van der Waals surface area (Å²) in [5.74, 6) is 0.920. The normalized spacial score (nSPS) is 29.0. The lowest BCUT2D eigenvalue weighted by Crippen LogP contribution is -2.42. The molecule has 2 saturated heterocycles. The van der Waals surface area contributed by atoms with Gasteiger partial charge in [0.25, 0.3) is 0 Å². The van der Waals surface area contributed by atoms with Crippen LogP contribution < -0.4 is 5.32 Å². The van der Waals surface area contributed by atoms with Gasteiger partial charge in [0.15, 0.2) is 0 Å². The predicted molar refractivity (Wildman–Crippen MR) is 75.9 cm³/mol. The third-order valence-electron chi connectivity index (χ3n) is 4.57. The molecule has 0 aliphatic carbocycles. The lowest BCUT2D eigenvalue weighted by molar-refractivity contribution is -0.134. The fourth-order valence-electron chi connectivity index (χ4n) is 3.34. The molecule has 1 amide bonds. The number of aliphatic hydroxyl groups excluding tert-OH is 1. The van der Waals surface area contributed by atoms with Crippen molar-refractivity contribution in [2.24, 2.45) is 5.92 Å². The highest BCUT2D eigenvalue weighted by Crippen LogP contribution is 2.20. The first-order valence-electron chi connectivity index (χ1n) is 7.92. The monoisotopic (exact) mass is 268 g/mol. The van der Waals surface area contributed by atoms with Crippen molar-refractivity contribution in [3.8, 4) is 0 Å². The molecule has 0 saturated carbocycles. The number of carbonyl (C=O) groups excluding carboxylic acids is 1. The zero-order valence-electron chi connectivity index (χ0n) is 11.9. The molecule has 2 N–H and O–H groups in total. The Balaban J connectivity index is 1.79. The molecule has 0 aromatic heterocycles. The second-order valence-electron chi connectivity index (χ2n) is 6.02. The van der Waals surface area contributed by atoms with E-state index in [1.807, 2.05) is 4.90 Å². The number of amides is 1. The molecule has 2 heterocycles. The van der Waals surface area contributed by atoms with Crippen LogP contribution in [0.25, 0.3) is 0 Å². The summed E-state index contributed by atoms with van der Waals surface area (Å²) in [4.78, 5) is 14.3. The van der Waals surface area contributed by atoms with Gasteiger partial charge in [-0.15, -0.1) is 0 Å². The molecule has 0 bridgehead atoms. The van der Waals surface area contributed by atoms with Gasteiger partial charge in [-0.1, -0.05) is 12.8 Å². The first kappa shape index (κ1) is 14.8. The largest absolute Gasteiger partial charge is 0.394 e. The Morgan fingerprint density at radius 1 is 1.21 bits per heavy atom. The van der Waals surface area contributed by atoms with Crippen molar-refractivity contribution in [1.29, 1.82) is 0 Å². The van der Waals surface area contributed by atoms with E-state index in [0.29, 0.717) is 12.3 Å². The van der Waals surface area contributed by atoms with Crippen molar-refractivity contribution in [2.75, 3.05) is 26.2 Å². The Morgan fingerprint density at radius 3 is 2.84 bits per heavy atom. The van der Waals surface area contributed by atoms with Crippen molar-refractivity contribution in [3.05, 3.63) is 0 Å². The summed E-state index contributed by atoms with van der Waals surface area (Å²) in [5.41, 5.74) is 0. The molecule has 19 heavy (non-hydrogen) atoms. The summed E-state index contributed by atoms with van der Waals surface area (Å²) in [5, 5.41) is 12.9. The summed E-state index contributed by atoms with van der Waals surface area (Å²) in [6.07, 6.45) is 8.53. The number of hydrogen-bond donors (Lipinski definition) is 2. The number of nitrogens with zero attached hydrogens (tertiary/aromatic N) is 1. The summed E-state index contributed by atoms with van der Waals surface area (Å²) in [6, 6.07) is 0.0690. The van der Waals surface area contributed by atoms with Crippen LogP contribution in [0.15, 0.2) is 0 Å². The van der Waals surface area contributed by atoms with Crippen LogP contribution in [0.5, 0.6) is 0 Å². The third-order valence-corrected chi connectivity index (χ3v) is 4.57. The van der Waals surface area contributed by atoms with E-state index in [9.17, 15) is 9.90 Å². The van der Waals surface area contributed by atoms with Gasteiger partial charge in [0.1, 0.15) is 0 Å². The van der Waals surface area contributed by atoms with Crippen molar-refractivity contribution in [3.63, 3.8) is 0 Å². The zero-order chi connectivity index (χ0) is 13.5. The van der Waals surface area contributed by atoms with Crippen LogP contribution in [0.2, 0.25) is 0 Å². The summed E-state index contributed by atoms with van der Waals surface area (Å²) >= 11 is 0. The van der Waals surface area contributed by atoms with Gasteiger partial charge in [-0.25, -0.2) is 0 Å². The lowest BCUT2D eigenvalue weighted by atomic mass is 9.94. The summed E-state index contributed by atoms with van der Waals surface area (Å²) < 4.78 is 0. The molecule has 0 aromatic rings. The van der Waals surface area contributed by atoms with Crippen LogP contribution in [0.4, 0.5) is 0 Å². The predicted octanol–water partition coefficient (Wildman–Crippen LogP) is 1.53. The van der Waals surface area contributed by atoms with E-state index in [1.165, 1.54) is 19.3 Å². The minimum absolute atomic E-state index is 0.0690. The summed E-state index contributed by atoms with van der Waals surface area (Å²) in [6.45, 7) is 3.16. The number of hydrogen-bond acceptors (Lipinski definition) is 3. The molecule has 2 rings (SSSR count). The molecule has 4 nitrogen and oxygen atoms in total. The topological polar surface area (TPSA) is 52.6 Å². The van der Waals surface area contributed by atoms with Gasteiger partial charge in [0.05, 0.1) is 12.6 Å². The third kappa shape index (κ3) is 4.46. The van der Waals surface area contributed by atoms with E-state index in [1.54, 1.807) is 0 Å². The molecule has 4 heteroatoms. The van der Waals surface area contributed by atoms with Crippen molar-refractivity contribution >= 4 is 5.91 Å². The van der Waals surface area contributed by atoms with Gasteiger partial charge in [-0.2, -0.15) is 0 Å². The van der Waals surface area contributed by atoms with Gasteiger partial charge < -0.3 is 15.3 Å². The Bertz CT molecular complexity index is 277. The van der Waals surface area contributed by atoms with E-state index in [-0.39, 0.29) is 18.6 Å². The highest BCUT2D eigenvalue weighted by atomic mass is 16.3. The number of piperidine rings is 1. The molecule has 0 aromatic carbocycles. The Morgan fingerprint density at radius 2 is 2.11 bits per heavy atom. The minimum Gasteiger partial charge on any atom is -0.394 e. The first-order chi connectivity index (χ1) is 9.31. The lowest BCUT2D eigenvalue weighted by Gasteiger charge is -2.30. The van der Waals surface area contributed by atoms with Gasteiger partial charge in [-0.05, 0) is 51.1 Å². The number of nitrogens with one attached hydrogen (secondary N) is 1. The van der Waals surface area contributed by atoms with E-state index >= 15 is 0 Å². The molecule has 0 spiro atoms. The summed E-state index contributed by atoms with van der Waals surface area (Å²) in [7, 11) is 0. The quantitative estimate of drug-likeness (QED) is 0.813. The Labute approximate surface area is 116 Å². The highest BCUT2D eigenvalue weighted by Gasteiger charge is 2.25.